The number of amides is 1. The van der Waals surface area contributed by atoms with Gasteiger partial charge in [-0.2, -0.15) is 0 Å². The van der Waals surface area contributed by atoms with E-state index >= 15 is 0 Å². The number of hydrogen-bond donors (Lipinski definition) is 1. The summed E-state index contributed by atoms with van der Waals surface area (Å²) >= 11 is 0. The van der Waals surface area contributed by atoms with Gasteiger partial charge in [-0.25, -0.2) is 0 Å². The average Bonchev–Trinajstić information content (AvgIpc) is 2.06. The lowest BCUT2D eigenvalue weighted by Gasteiger charge is -2.21. The van der Waals surface area contributed by atoms with Gasteiger partial charge in [-0.1, -0.05) is 6.58 Å². The van der Waals surface area contributed by atoms with E-state index in [9.17, 15) is 4.79 Å². The van der Waals surface area contributed by atoms with Crippen LogP contribution in [0.15, 0.2) is 12.7 Å². The quantitative estimate of drug-likeness (QED) is 0.596. The Labute approximate surface area is 67.7 Å². The first-order valence-corrected chi connectivity index (χ1v) is 4.07. The molecule has 0 saturated heterocycles. The second-order valence-electron chi connectivity index (χ2n) is 2.85. The Balaban J connectivity index is 2.24. The first-order valence-electron chi connectivity index (χ1n) is 4.07. The lowest BCUT2D eigenvalue weighted by Crippen LogP contribution is -2.34. The molecule has 61 valence electrons. The molecular formula is C9H14NO. The van der Waals surface area contributed by atoms with Crippen molar-refractivity contribution < 1.29 is 4.79 Å². The van der Waals surface area contributed by atoms with Crippen molar-refractivity contribution >= 4 is 5.91 Å². The van der Waals surface area contributed by atoms with Gasteiger partial charge >= 0.3 is 0 Å². The third-order valence-corrected chi connectivity index (χ3v) is 1.97. The Bertz CT molecular complexity index is 148. The van der Waals surface area contributed by atoms with E-state index in [0.717, 1.165) is 25.7 Å². The molecule has 1 aliphatic carbocycles. The predicted octanol–water partition coefficient (Wildman–Crippen LogP) is 1.44. The van der Waals surface area contributed by atoms with Crippen LogP contribution in [0.3, 0.4) is 0 Å². The van der Waals surface area contributed by atoms with Gasteiger partial charge in [0, 0.05) is 6.04 Å². The third-order valence-electron chi connectivity index (χ3n) is 1.97. The summed E-state index contributed by atoms with van der Waals surface area (Å²) in [5.41, 5.74) is 0. The molecule has 11 heavy (non-hydrogen) atoms. The van der Waals surface area contributed by atoms with Crippen LogP contribution in [0.4, 0.5) is 0 Å². The highest BCUT2D eigenvalue weighted by Gasteiger charge is 2.13. The molecule has 0 aromatic heterocycles. The number of nitrogens with one attached hydrogen (secondary N) is 1. The first-order chi connectivity index (χ1) is 5.33. The molecule has 1 amide bonds. The molecule has 1 radical (unpaired) electrons. The van der Waals surface area contributed by atoms with Gasteiger partial charge < -0.3 is 5.32 Å². The van der Waals surface area contributed by atoms with E-state index in [4.69, 9.17) is 0 Å². The molecule has 0 aromatic carbocycles. The lowest BCUT2D eigenvalue weighted by molar-refractivity contribution is -0.117. The molecule has 0 heterocycles. The molecule has 1 rings (SSSR count). The van der Waals surface area contributed by atoms with E-state index in [-0.39, 0.29) is 5.91 Å². The molecule has 0 unspecified atom stereocenters. The van der Waals surface area contributed by atoms with Crippen LogP contribution in [-0.4, -0.2) is 11.9 Å². The van der Waals surface area contributed by atoms with Gasteiger partial charge in [-0.05, 0) is 38.2 Å². The topological polar surface area (TPSA) is 29.1 Å². The molecule has 0 atom stereocenters. The van der Waals surface area contributed by atoms with E-state index in [1.807, 2.05) is 0 Å². The fourth-order valence-corrected chi connectivity index (χ4v) is 1.33. The van der Waals surface area contributed by atoms with Crippen LogP contribution in [0.5, 0.6) is 0 Å². The summed E-state index contributed by atoms with van der Waals surface area (Å²) in [5.74, 6) is -0.0445. The predicted molar refractivity (Wildman–Crippen MR) is 44.9 cm³/mol. The maximum atomic E-state index is 10.8. The van der Waals surface area contributed by atoms with E-state index in [1.165, 1.54) is 6.08 Å². The van der Waals surface area contributed by atoms with Gasteiger partial charge in [0.1, 0.15) is 0 Å². The van der Waals surface area contributed by atoms with Crippen LogP contribution in [0.1, 0.15) is 25.7 Å². The maximum absolute atomic E-state index is 10.8. The van der Waals surface area contributed by atoms with Crippen molar-refractivity contribution in [1.29, 1.82) is 0 Å². The minimum atomic E-state index is -0.0445. The molecule has 1 fully saturated rings. The standard InChI is InChI=1S/C9H14NO/c1-2-9(11)10-8-6-4-3-5-7-8/h2-3,8H,1,4-7H2,(H,10,11). The maximum Gasteiger partial charge on any atom is 0.243 e. The summed E-state index contributed by atoms with van der Waals surface area (Å²) in [4.78, 5) is 10.8. The van der Waals surface area contributed by atoms with Crippen LogP contribution in [0.25, 0.3) is 0 Å². The summed E-state index contributed by atoms with van der Waals surface area (Å²) in [5, 5.41) is 2.89. The van der Waals surface area contributed by atoms with Crippen LogP contribution in [-0.2, 0) is 4.79 Å². The van der Waals surface area contributed by atoms with Crippen molar-refractivity contribution in [3.8, 4) is 0 Å². The minimum Gasteiger partial charge on any atom is -0.350 e. The van der Waals surface area contributed by atoms with Gasteiger partial charge in [0.05, 0.1) is 0 Å². The van der Waals surface area contributed by atoms with Crippen LogP contribution >= 0.6 is 0 Å². The number of rotatable bonds is 2. The van der Waals surface area contributed by atoms with Crippen LogP contribution < -0.4 is 5.32 Å². The van der Waals surface area contributed by atoms with Crippen molar-refractivity contribution in [1.82, 2.24) is 5.32 Å². The molecule has 1 aliphatic rings. The molecule has 0 aliphatic heterocycles. The van der Waals surface area contributed by atoms with Gasteiger partial charge in [-0.3, -0.25) is 4.79 Å². The lowest BCUT2D eigenvalue weighted by atomic mass is 9.95. The van der Waals surface area contributed by atoms with Crippen molar-refractivity contribution in [3.63, 3.8) is 0 Å². The highest BCUT2D eigenvalue weighted by molar-refractivity contribution is 5.87. The van der Waals surface area contributed by atoms with Crippen molar-refractivity contribution in [3.05, 3.63) is 19.1 Å². The Morgan fingerprint density at radius 2 is 2.18 bits per heavy atom. The fraction of sp³-hybridized carbons (Fsp3) is 0.556. The van der Waals surface area contributed by atoms with Gasteiger partial charge in [-0.15, -0.1) is 0 Å². The molecule has 0 spiro atoms. The van der Waals surface area contributed by atoms with Gasteiger partial charge in [0.25, 0.3) is 0 Å². The Kier molecular flexibility index (Phi) is 3.14. The summed E-state index contributed by atoms with van der Waals surface area (Å²) in [6.07, 6.45) is 8.03. The zero-order valence-corrected chi connectivity index (χ0v) is 6.68. The highest BCUT2D eigenvalue weighted by atomic mass is 16.1. The van der Waals surface area contributed by atoms with E-state index in [0.29, 0.717) is 6.04 Å². The smallest absolute Gasteiger partial charge is 0.243 e. The van der Waals surface area contributed by atoms with Crippen molar-refractivity contribution in [2.75, 3.05) is 0 Å². The first kappa shape index (κ1) is 8.31. The number of carbonyl (C=O) groups is 1. The van der Waals surface area contributed by atoms with Crippen molar-refractivity contribution in [2.24, 2.45) is 0 Å². The largest absolute Gasteiger partial charge is 0.350 e. The Morgan fingerprint density at radius 1 is 1.55 bits per heavy atom. The summed E-state index contributed by atoms with van der Waals surface area (Å²) in [6, 6.07) is 0.380. The number of carbonyl (C=O) groups excluding carboxylic acids is 1. The Hall–Kier alpha value is -0.790. The summed E-state index contributed by atoms with van der Waals surface area (Å²) in [7, 11) is 0. The molecule has 2 nitrogen and oxygen atoms in total. The second kappa shape index (κ2) is 4.16. The van der Waals surface area contributed by atoms with Crippen molar-refractivity contribution in [2.45, 2.75) is 31.7 Å². The molecule has 1 N–H and O–H groups in total. The van der Waals surface area contributed by atoms with Crippen LogP contribution in [0, 0.1) is 6.42 Å². The van der Waals surface area contributed by atoms with E-state index in [2.05, 4.69) is 18.3 Å². The third kappa shape index (κ3) is 2.74. The highest BCUT2D eigenvalue weighted by Crippen LogP contribution is 2.16. The average molecular weight is 152 g/mol. The SMILES string of the molecule is C=CC(=O)NC1CC[CH]CC1. The molecule has 0 bridgehead atoms. The van der Waals surface area contributed by atoms with Gasteiger partial charge in [0.2, 0.25) is 5.91 Å². The molecule has 1 saturated carbocycles. The second-order valence-corrected chi connectivity index (χ2v) is 2.85. The Morgan fingerprint density at radius 3 is 2.73 bits per heavy atom. The monoisotopic (exact) mass is 152 g/mol. The zero-order chi connectivity index (χ0) is 8.10. The van der Waals surface area contributed by atoms with Crippen LogP contribution in [0.2, 0.25) is 0 Å². The minimum absolute atomic E-state index is 0.0445. The zero-order valence-electron chi connectivity index (χ0n) is 6.68. The summed E-state index contributed by atoms with van der Waals surface area (Å²) < 4.78 is 0. The molecule has 0 aromatic rings. The van der Waals surface area contributed by atoms with E-state index in [1.54, 1.807) is 0 Å². The summed E-state index contributed by atoms with van der Waals surface area (Å²) in [6.45, 7) is 3.41. The molecular weight excluding hydrogens is 138 g/mol. The molecule has 2 heteroatoms. The normalized spacial score (nSPS) is 19.3. The fourth-order valence-electron chi connectivity index (χ4n) is 1.33. The number of hydrogen-bond acceptors (Lipinski definition) is 1. The van der Waals surface area contributed by atoms with Gasteiger partial charge in [0.15, 0.2) is 0 Å². The van der Waals surface area contributed by atoms with E-state index < -0.39 is 0 Å².